The first kappa shape index (κ1) is 16.1. The molecular weight excluding hydrogens is 315 g/mol. The number of benzene rings is 2. The molecule has 6 heteroatoms. The van der Waals surface area contributed by atoms with Gasteiger partial charge in [0, 0.05) is 5.56 Å². The average Bonchev–Trinajstić information content (AvgIpc) is 2.56. The van der Waals surface area contributed by atoms with E-state index in [2.05, 4.69) is 12.1 Å². The first-order valence-corrected chi connectivity index (χ1v) is 9.13. The highest BCUT2D eigenvalue weighted by Crippen LogP contribution is 2.16. The van der Waals surface area contributed by atoms with Crippen LogP contribution in [0.1, 0.15) is 5.56 Å². The van der Waals surface area contributed by atoms with Crippen LogP contribution in [-0.2, 0) is 16.6 Å². The quantitative estimate of drug-likeness (QED) is 0.903. The summed E-state index contributed by atoms with van der Waals surface area (Å²) in [5, 5.41) is 0. The van der Waals surface area contributed by atoms with E-state index in [1.807, 2.05) is 18.2 Å². The molecule has 23 heavy (non-hydrogen) atoms. The van der Waals surface area contributed by atoms with Crippen molar-refractivity contribution < 1.29 is 17.7 Å². The van der Waals surface area contributed by atoms with Crippen LogP contribution in [0.15, 0.2) is 59.5 Å². The summed E-state index contributed by atoms with van der Waals surface area (Å²) in [7, 11) is -3.60. The van der Waals surface area contributed by atoms with Crippen molar-refractivity contribution >= 4 is 10.0 Å². The predicted octanol–water partition coefficient (Wildman–Crippen LogP) is 0.915. The number of halogens is 1. The van der Waals surface area contributed by atoms with Crippen LogP contribution in [0.2, 0.25) is 0 Å². The Kier molecular flexibility index (Phi) is 4.75. The Morgan fingerprint density at radius 1 is 1.00 bits per heavy atom. The minimum Gasteiger partial charge on any atom is -0.329 e. The van der Waals surface area contributed by atoms with Gasteiger partial charge in [-0.15, -0.1) is 0 Å². The van der Waals surface area contributed by atoms with Gasteiger partial charge in [0.05, 0.1) is 31.1 Å². The van der Waals surface area contributed by atoms with E-state index in [0.29, 0.717) is 13.1 Å². The van der Waals surface area contributed by atoms with Crippen molar-refractivity contribution in [2.24, 2.45) is 0 Å². The van der Waals surface area contributed by atoms with Crippen LogP contribution in [0.3, 0.4) is 0 Å². The molecule has 122 valence electrons. The van der Waals surface area contributed by atoms with Crippen LogP contribution in [0.4, 0.5) is 4.39 Å². The van der Waals surface area contributed by atoms with Gasteiger partial charge in [-0.05, 0) is 18.2 Å². The molecule has 1 aliphatic rings. The first-order chi connectivity index (χ1) is 11.1. The SMILES string of the molecule is O=S(=O)(c1cccc(F)c1)N1CC[NH+](Cc2ccccc2)CC1. The molecular formula is C17H20FN2O2S+. The number of hydrogen-bond donors (Lipinski definition) is 1. The number of rotatable bonds is 4. The van der Waals surface area contributed by atoms with Crippen molar-refractivity contribution in [1.29, 1.82) is 0 Å². The summed E-state index contributed by atoms with van der Waals surface area (Å²) in [5.74, 6) is -0.528. The highest BCUT2D eigenvalue weighted by atomic mass is 32.2. The molecule has 0 aliphatic carbocycles. The molecule has 1 heterocycles. The van der Waals surface area contributed by atoms with Crippen molar-refractivity contribution in [2.45, 2.75) is 11.4 Å². The zero-order chi connectivity index (χ0) is 16.3. The number of quaternary nitrogens is 1. The molecule has 1 saturated heterocycles. The van der Waals surface area contributed by atoms with Crippen LogP contribution in [0.5, 0.6) is 0 Å². The number of sulfonamides is 1. The minimum absolute atomic E-state index is 0.0315. The zero-order valence-corrected chi connectivity index (χ0v) is 13.6. The molecule has 0 atom stereocenters. The molecule has 3 rings (SSSR count). The zero-order valence-electron chi connectivity index (χ0n) is 12.8. The average molecular weight is 335 g/mol. The molecule has 0 spiro atoms. The molecule has 0 unspecified atom stereocenters. The molecule has 4 nitrogen and oxygen atoms in total. The van der Waals surface area contributed by atoms with Gasteiger partial charge in [-0.3, -0.25) is 0 Å². The van der Waals surface area contributed by atoms with E-state index in [-0.39, 0.29) is 4.90 Å². The molecule has 0 radical (unpaired) electrons. The molecule has 1 fully saturated rings. The molecule has 0 amide bonds. The lowest BCUT2D eigenvalue weighted by molar-refractivity contribution is -0.917. The van der Waals surface area contributed by atoms with Crippen molar-refractivity contribution in [3.63, 3.8) is 0 Å². The van der Waals surface area contributed by atoms with Gasteiger partial charge in [-0.25, -0.2) is 12.8 Å². The second-order valence-electron chi connectivity index (χ2n) is 5.77. The highest BCUT2D eigenvalue weighted by molar-refractivity contribution is 7.89. The van der Waals surface area contributed by atoms with Gasteiger partial charge in [0.1, 0.15) is 12.4 Å². The van der Waals surface area contributed by atoms with Crippen LogP contribution in [-0.4, -0.2) is 38.9 Å². The van der Waals surface area contributed by atoms with E-state index in [9.17, 15) is 12.8 Å². The Bertz CT molecular complexity index is 757. The van der Waals surface area contributed by atoms with Crippen LogP contribution in [0, 0.1) is 5.82 Å². The minimum atomic E-state index is -3.60. The molecule has 0 saturated carbocycles. The van der Waals surface area contributed by atoms with E-state index in [1.54, 1.807) is 0 Å². The summed E-state index contributed by atoms with van der Waals surface area (Å²) in [6.07, 6.45) is 0. The number of nitrogens with one attached hydrogen (secondary N) is 1. The Morgan fingerprint density at radius 2 is 1.70 bits per heavy atom. The smallest absolute Gasteiger partial charge is 0.243 e. The second-order valence-corrected chi connectivity index (χ2v) is 7.71. The fourth-order valence-corrected chi connectivity index (χ4v) is 4.35. The van der Waals surface area contributed by atoms with E-state index in [1.165, 1.54) is 33.0 Å². The molecule has 2 aromatic rings. The molecule has 2 aromatic carbocycles. The van der Waals surface area contributed by atoms with Crippen molar-refractivity contribution in [2.75, 3.05) is 26.2 Å². The fraction of sp³-hybridized carbons (Fsp3) is 0.294. The molecule has 1 N–H and O–H groups in total. The third-order valence-electron chi connectivity index (χ3n) is 4.16. The van der Waals surface area contributed by atoms with Gasteiger partial charge in [0.2, 0.25) is 10.0 Å². The summed E-state index contributed by atoms with van der Waals surface area (Å²) in [4.78, 5) is 1.39. The molecule has 0 aromatic heterocycles. The lowest BCUT2D eigenvalue weighted by Gasteiger charge is -2.31. The van der Waals surface area contributed by atoms with Crippen LogP contribution in [0.25, 0.3) is 0 Å². The van der Waals surface area contributed by atoms with E-state index in [0.717, 1.165) is 25.7 Å². The standard InChI is InChI=1S/C17H19FN2O2S/c18-16-7-4-8-17(13-16)23(21,22)20-11-9-19(10-12-20)14-15-5-2-1-3-6-15/h1-8,13H,9-12,14H2/p+1. The third kappa shape index (κ3) is 3.77. The second kappa shape index (κ2) is 6.78. The third-order valence-corrected chi connectivity index (χ3v) is 6.05. The normalized spacial score (nSPS) is 17.3. The molecule has 1 aliphatic heterocycles. The topological polar surface area (TPSA) is 41.8 Å². The fourth-order valence-electron chi connectivity index (χ4n) is 2.88. The van der Waals surface area contributed by atoms with Gasteiger partial charge in [0.15, 0.2) is 0 Å². The monoisotopic (exact) mass is 335 g/mol. The maximum Gasteiger partial charge on any atom is 0.243 e. The molecule has 0 bridgehead atoms. The Balaban J connectivity index is 1.64. The van der Waals surface area contributed by atoms with Crippen LogP contribution >= 0.6 is 0 Å². The van der Waals surface area contributed by atoms with Crippen LogP contribution < -0.4 is 4.90 Å². The lowest BCUT2D eigenvalue weighted by atomic mass is 10.2. The Labute approximate surface area is 136 Å². The van der Waals surface area contributed by atoms with Gasteiger partial charge in [-0.1, -0.05) is 36.4 Å². The summed E-state index contributed by atoms with van der Waals surface area (Å²) < 4.78 is 39.8. The number of nitrogens with zero attached hydrogens (tertiary/aromatic N) is 1. The van der Waals surface area contributed by atoms with Gasteiger partial charge >= 0.3 is 0 Å². The van der Waals surface area contributed by atoms with Gasteiger partial charge in [-0.2, -0.15) is 4.31 Å². The summed E-state index contributed by atoms with van der Waals surface area (Å²) in [6, 6.07) is 15.4. The van der Waals surface area contributed by atoms with E-state index < -0.39 is 15.8 Å². The maximum absolute atomic E-state index is 13.3. The van der Waals surface area contributed by atoms with E-state index in [4.69, 9.17) is 0 Å². The summed E-state index contributed by atoms with van der Waals surface area (Å²) >= 11 is 0. The van der Waals surface area contributed by atoms with E-state index >= 15 is 0 Å². The van der Waals surface area contributed by atoms with Crippen molar-refractivity contribution in [1.82, 2.24) is 4.31 Å². The maximum atomic E-state index is 13.3. The summed E-state index contributed by atoms with van der Waals surface area (Å²) in [5.41, 5.74) is 1.25. The Morgan fingerprint density at radius 3 is 2.35 bits per heavy atom. The number of hydrogen-bond acceptors (Lipinski definition) is 2. The summed E-state index contributed by atoms with van der Waals surface area (Å²) in [6.45, 7) is 3.32. The largest absolute Gasteiger partial charge is 0.329 e. The number of piperazine rings is 1. The van der Waals surface area contributed by atoms with Crippen molar-refractivity contribution in [3.05, 3.63) is 66.0 Å². The van der Waals surface area contributed by atoms with Gasteiger partial charge in [0.25, 0.3) is 0 Å². The lowest BCUT2D eigenvalue weighted by Crippen LogP contribution is -3.13. The Hall–Kier alpha value is -1.76. The predicted molar refractivity (Wildman–Crippen MR) is 86.0 cm³/mol. The highest BCUT2D eigenvalue weighted by Gasteiger charge is 2.30. The van der Waals surface area contributed by atoms with Gasteiger partial charge < -0.3 is 4.90 Å². The first-order valence-electron chi connectivity index (χ1n) is 7.69. The van der Waals surface area contributed by atoms with Crippen molar-refractivity contribution in [3.8, 4) is 0 Å².